The number of esters is 1. The van der Waals surface area contributed by atoms with Gasteiger partial charge < -0.3 is 10.5 Å². The first kappa shape index (κ1) is 15.7. The number of nitrogens with two attached hydrogens (primary N) is 1. The molecule has 0 amide bonds. The van der Waals surface area contributed by atoms with Crippen LogP contribution in [0.4, 0.5) is 0 Å². The van der Waals surface area contributed by atoms with Crippen LogP contribution in [0.5, 0.6) is 0 Å². The van der Waals surface area contributed by atoms with E-state index < -0.39 is 0 Å². The summed E-state index contributed by atoms with van der Waals surface area (Å²) in [5.74, 6) is 0.607. The molecule has 0 heterocycles. The molecule has 0 spiro atoms. The van der Waals surface area contributed by atoms with E-state index in [4.69, 9.17) is 10.5 Å². The first-order valence-electron chi connectivity index (χ1n) is 6.97. The van der Waals surface area contributed by atoms with E-state index >= 15 is 0 Å². The Kier molecular flexibility index (Phi) is 6.57. The Balaban J connectivity index is 2.46. The molecule has 0 aliphatic heterocycles. The number of hydrogen-bond acceptors (Lipinski definition) is 3. The lowest BCUT2D eigenvalue weighted by molar-refractivity contribution is -0.149. The molecule has 1 rings (SSSR count). The lowest BCUT2D eigenvalue weighted by Gasteiger charge is -2.18. The lowest BCUT2D eigenvalue weighted by Crippen LogP contribution is -2.21. The molecule has 0 saturated carbocycles. The molecule has 1 aromatic carbocycles. The number of ether oxygens (including phenoxy) is 1. The van der Waals surface area contributed by atoms with Crippen LogP contribution in [0.25, 0.3) is 0 Å². The van der Waals surface area contributed by atoms with Crippen molar-refractivity contribution in [2.45, 2.75) is 39.7 Å². The van der Waals surface area contributed by atoms with Crippen LogP contribution in [0.15, 0.2) is 30.3 Å². The summed E-state index contributed by atoms with van der Waals surface area (Å²) in [6.07, 6.45) is 1.17. The van der Waals surface area contributed by atoms with E-state index in [2.05, 4.69) is 13.8 Å². The van der Waals surface area contributed by atoms with Crippen molar-refractivity contribution in [1.82, 2.24) is 0 Å². The van der Waals surface area contributed by atoms with Crippen molar-refractivity contribution in [3.05, 3.63) is 35.9 Å². The summed E-state index contributed by atoms with van der Waals surface area (Å²) >= 11 is 0. The maximum absolute atomic E-state index is 11.9. The summed E-state index contributed by atoms with van der Waals surface area (Å²) in [6, 6.07) is 9.77. The van der Waals surface area contributed by atoms with E-state index in [1.165, 1.54) is 0 Å². The third-order valence-corrected chi connectivity index (χ3v) is 3.17. The lowest BCUT2D eigenvalue weighted by atomic mass is 9.94. The molecule has 1 aromatic rings. The molecule has 0 aromatic heterocycles. The molecule has 0 aliphatic rings. The van der Waals surface area contributed by atoms with E-state index in [0.29, 0.717) is 18.9 Å². The Labute approximate surface area is 116 Å². The predicted octanol–water partition coefficient (Wildman–Crippen LogP) is 3.30. The van der Waals surface area contributed by atoms with E-state index in [0.717, 1.165) is 12.0 Å². The van der Waals surface area contributed by atoms with Gasteiger partial charge in [0, 0.05) is 6.42 Å². The predicted molar refractivity (Wildman–Crippen MR) is 77.6 cm³/mol. The Bertz CT molecular complexity index is 376. The molecular weight excluding hydrogens is 238 g/mol. The van der Waals surface area contributed by atoms with Crippen LogP contribution >= 0.6 is 0 Å². The maximum atomic E-state index is 11.9. The summed E-state index contributed by atoms with van der Waals surface area (Å²) in [4.78, 5) is 11.9. The van der Waals surface area contributed by atoms with Crippen LogP contribution in [-0.2, 0) is 9.53 Å². The zero-order valence-electron chi connectivity index (χ0n) is 12.1. The molecule has 106 valence electrons. The van der Waals surface area contributed by atoms with Crippen molar-refractivity contribution in [2.75, 3.05) is 6.54 Å². The summed E-state index contributed by atoms with van der Waals surface area (Å²) in [5, 5.41) is 0. The third kappa shape index (κ3) is 5.88. The SMILES string of the molecule is CC(C)C[C@H](CN)CC(=O)OC(C)c1ccccc1. The van der Waals surface area contributed by atoms with Gasteiger partial charge in [-0.15, -0.1) is 0 Å². The minimum absolute atomic E-state index is 0.160. The molecule has 2 N–H and O–H groups in total. The number of carbonyl (C=O) groups excluding carboxylic acids is 1. The van der Waals surface area contributed by atoms with Crippen molar-refractivity contribution in [3.63, 3.8) is 0 Å². The summed E-state index contributed by atoms with van der Waals surface area (Å²) in [6.45, 7) is 6.71. The number of carbonyl (C=O) groups is 1. The minimum atomic E-state index is -0.203. The fourth-order valence-corrected chi connectivity index (χ4v) is 2.20. The number of hydrogen-bond donors (Lipinski definition) is 1. The van der Waals surface area contributed by atoms with Gasteiger partial charge in [-0.3, -0.25) is 4.79 Å². The highest BCUT2D eigenvalue weighted by Crippen LogP contribution is 2.20. The van der Waals surface area contributed by atoms with Crippen molar-refractivity contribution < 1.29 is 9.53 Å². The molecule has 19 heavy (non-hydrogen) atoms. The topological polar surface area (TPSA) is 52.3 Å². The molecule has 0 saturated heterocycles. The van der Waals surface area contributed by atoms with E-state index in [9.17, 15) is 4.79 Å². The average Bonchev–Trinajstić information content (AvgIpc) is 2.38. The van der Waals surface area contributed by atoms with Crippen molar-refractivity contribution in [2.24, 2.45) is 17.6 Å². The zero-order chi connectivity index (χ0) is 14.3. The van der Waals surface area contributed by atoms with Gasteiger partial charge in [-0.1, -0.05) is 44.2 Å². The monoisotopic (exact) mass is 263 g/mol. The van der Waals surface area contributed by atoms with Crippen LogP contribution in [-0.4, -0.2) is 12.5 Å². The second-order valence-electron chi connectivity index (χ2n) is 5.48. The highest BCUT2D eigenvalue weighted by molar-refractivity contribution is 5.70. The summed E-state index contributed by atoms with van der Waals surface area (Å²) < 4.78 is 5.46. The first-order chi connectivity index (χ1) is 9.02. The van der Waals surface area contributed by atoms with Crippen molar-refractivity contribution in [3.8, 4) is 0 Å². The van der Waals surface area contributed by atoms with Crippen LogP contribution in [0.1, 0.15) is 45.3 Å². The summed E-state index contributed by atoms with van der Waals surface area (Å²) in [7, 11) is 0. The standard InChI is InChI=1S/C16H25NO2/c1-12(2)9-14(11-17)10-16(18)19-13(3)15-7-5-4-6-8-15/h4-8,12-14H,9-11,17H2,1-3H3/t13?,14-/m0/s1. The minimum Gasteiger partial charge on any atom is -0.458 e. The van der Waals surface area contributed by atoms with Gasteiger partial charge in [0.25, 0.3) is 0 Å². The van der Waals surface area contributed by atoms with Crippen LogP contribution in [0.3, 0.4) is 0 Å². The average molecular weight is 263 g/mol. The normalized spacial score (nSPS) is 14.2. The van der Waals surface area contributed by atoms with Gasteiger partial charge in [0.15, 0.2) is 0 Å². The highest BCUT2D eigenvalue weighted by atomic mass is 16.5. The molecule has 0 bridgehead atoms. The Morgan fingerprint density at radius 3 is 2.37 bits per heavy atom. The first-order valence-corrected chi connectivity index (χ1v) is 6.97. The molecule has 0 aliphatic carbocycles. The van der Waals surface area contributed by atoms with Gasteiger partial charge in [-0.25, -0.2) is 0 Å². The molecule has 0 radical (unpaired) electrons. The quantitative estimate of drug-likeness (QED) is 0.768. The van der Waals surface area contributed by atoms with Crippen molar-refractivity contribution in [1.29, 1.82) is 0 Å². The molecular formula is C16H25NO2. The van der Waals surface area contributed by atoms with E-state index in [1.807, 2.05) is 37.3 Å². The smallest absolute Gasteiger partial charge is 0.306 e. The maximum Gasteiger partial charge on any atom is 0.306 e. The second-order valence-corrected chi connectivity index (χ2v) is 5.48. The Morgan fingerprint density at radius 2 is 1.84 bits per heavy atom. The van der Waals surface area contributed by atoms with Gasteiger partial charge in [0.2, 0.25) is 0 Å². The van der Waals surface area contributed by atoms with Gasteiger partial charge in [-0.05, 0) is 37.3 Å². The van der Waals surface area contributed by atoms with Crippen LogP contribution in [0.2, 0.25) is 0 Å². The molecule has 3 nitrogen and oxygen atoms in total. The number of benzene rings is 1. The van der Waals surface area contributed by atoms with Gasteiger partial charge in [-0.2, -0.15) is 0 Å². The van der Waals surface area contributed by atoms with Crippen LogP contribution < -0.4 is 5.73 Å². The number of rotatable bonds is 7. The molecule has 1 unspecified atom stereocenters. The Hall–Kier alpha value is -1.35. The van der Waals surface area contributed by atoms with Gasteiger partial charge in [0.05, 0.1) is 0 Å². The second kappa shape index (κ2) is 7.95. The fourth-order valence-electron chi connectivity index (χ4n) is 2.20. The zero-order valence-corrected chi connectivity index (χ0v) is 12.1. The van der Waals surface area contributed by atoms with Crippen LogP contribution in [0, 0.1) is 11.8 Å². The molecule has 2 atom stereocenters. The van der Waals surface area contributed by atoms with Crippen molar-refractivity contribution >= 4 is 5.97 Å². The van der Waals surface area contributed by atoms with Gasteiger partial charge >= 0.3 is 5.97 Å². The fraction of sp³-hybridized carbons (Fsp3) is 0.562. The molecule has 3 heteroatoms. The Morgan fingerprint density at radius 1 is 1.21 bits per heavy atom. The third-order valence-electron chi connectivity index (χ3n) is 3.17. The van der Waals surface area contributed by atoms with E-state index in [-0.39, 0.29) is 18.0 Å². The van der Waals surface area contributed by atoms with Gasteiger partial charge in [0.1, 0.15) is 6.10 Å². The summed E-state index contributed by atoms with van der Waals surface area (Å²) in [5.41, 5.74) is 6.72. The largest absolute Gasteiger partial charge is 0.458 e. The molecule has 0 fully saturated rings. The highest BCUT2D eigenvalue weighted by Gasteiger charge is 2.17. The van der Waals surface area contributed by atoms with E-state index in [1.54, 1.807) is 0 Å².